The minimum Gasteiger partial charge on any atom is -0.352 e. The zero-order valence-corrected chi connectivity index (χ0v) is 6.69. The van der Waals surface area contributed by atoms with Gasteiger partial charge in [0.25, 0.3) is 0 Å². The smallest absolute Gasteiger partial charge is 0.211 e. The summed E-state index contributed by atoms with van der Waals surface area (Å²) in [6.07, 6.45) is 1.63. The molecule has 11 heavy (non-hydrogen) atoms. The van der Waals surface area contributed by atoms with E-state index in [0.29, 0.717) is 13.1 Å². The molecule has 2 atom stereocenters. The number of nitrogens with two attached hydrogens (primary N) is 1. The number of carbonyl (C=O) groups is 1. The highest BCUT2D eigenvalue weighted by atomic mass is 16.5. The molecule has 0 spiro atoms. The second-order valence-electron chi connectivity index (χ2n) is 2.66. The minimum absolute atomic E-state index is 0.0325. The Morgan fingerprint density at radius 3 is 2.91 bits per heavy atom. The second-order valence-corrected chi connectivity index (χ2v) is 2.66. The summed E-state index contributed by atoms with van der Waals surface area (Å²) < 4.78 is 5.43. The summed E-state index contributed by atoms with van der Waals surface area (Å²) in [4.78, 5) is 12.1. The van der Waals surface area contributed by atoms with Gasteiger partial charge in [0.1, 0.15) is 6.23 Å². The summed E-state index contributed by atoms with van der Waals surface area (Å²) >= 11 is 0. The Kier molecular flexibility index (Phi) is 2.84. The summed E-state index contributed by atoms with van der Waals surface area (Å²) in [5.41, 5.74) is 5.40. The van der Waals surface area contributed by atoms with Gasteiger partial charge >= 0.3 is 0 Å². The lowest BCUT2D eigenvalue weighted by molar-refractivity contribution is -0.122. The van der Waals surface area contributed by atoms with Gasteiger partial charge in [-0.25, -0.2) is 0 Å². The molecule has 1 aliphatic heterocycles. The quantitative estimate of drug-likeness (QED) is 0.565. The summed E-state index contributed by atoms with van der Waals surface area (Å²) in [6, 6.07) is 0. The van der Waals surface area contributed by atoms with Gasteiger partial charge in [-0.2, -0.15) is 0 Å². The van der Waals surface area contributed by atoms with Crippen LogP contribution in [0, 0.1) is 0 Å². The van der Waals surface area contributed by atoms with Crippen molar-refractivity contribution < 1.29 is 9.53 Å². The standard InChI is InChI=1S/C7H14N2O2/c1-2-7-9(5-10)4-6(3-8)11-7/h5-7H,2-4,8H2,1H3. The van der Waals surface area contributed by atoms with E-state index in [-0.39, 0.29) is 12.3 Å². The van der Waals surface area contributed by atoms with Crippen LogP contribution >= 0.6 is 0 Å². The monoisotopic (exact) mass is 158 g/mol. The average Bonchev–Trinajstić information content (AvgIpc) is 2.46. The molecule has 0 aromatic rings. The van der Waals surface area contributed by atoms with Crippen molar-refractivity contribution in [1.82, 2.24) is 4.90 Å². The van der Waals surface area contributed by atoms with Gasteiger partial charge < -0.3 is 15.4 Å². The van der Waals surface area contributed by atoms with Gasteiger partial charge in [0.15, 0.2) is 0 Å². The number of hydrogen-bond donors (Lipinski definition) is 1. The summed E-state index contributed by atoms with van der Waals surface area (Å²) in [5.74, 6) is 0. The van der Waals surface area contributed by atoms with Crippen molar-refractivity contribution in [2.75, 3.05) is 13.1 Å². The molecule has 2 unspecified atom stereocenters. The zero-order valence-electron chi connectivity index (χ0n) is 6.69. The van der Waals surface area contributed by atoms with Crippen molar-refractivity contribution in [2.45, 2.75) is 25.7 Å². The summed E-state index contributed by atoms with van der Waals surface area (Å²) in [5, 5.41) is 0. The van der Waals surface area contributed by atoms with Gasteiger partial charge in [0.2, 0.25) is 6.41 Å². The van der Waals surface area contributed by atoms with Gasteiger partial charge in [-0.3, -0.25) is 4.79 Å². The number of nitrogens with zero attached hydrogens (tertiary/aromatic N) is 1. The summed E-state index contributed by atoms with van der Waals surface area (Å²) in [7, 11) is 0. The van der Waals surface area contributed by atoms with Crippen LogP contribution in [0.15, 0.2) is 0 Å². The molecule has 1 fully saturated rings. The van der Waals surface area contributed by atoms with Crippen molar-refractivity contribution in [3.8, 4) is 0 Å². The highest BCUT2D eigenvalue weighted by molar-refractivity contribution is 5.48. The van der Waals surface area contributed by atoms with E-state index in [0.717, 1.165) is 12.8 Å². The lowest BCUT2D eigenvalue weighted by atomic mass is 10.3. The fraction of sp³-hybridized carbons (Fsp3) is 0.857. The fourth-order valence-corrected chi connectivity index (χ4v) is 1.27. The maximum Gasteiger partial charge on any atom is 0.211 e. The SMILES string of the molecule is CCC1OC(CN)CN1C=O. The van der Waals surface area contributed by atoms with Crippen LogP contribution in [0.1, 0.15) is 13.3 Å². The number of rotatable bonds is 3. The third kappa shape index (κ3) is 1.70. The third-order valence-corrected chi connectivity index (χ3v) is 1.88. The first-order valence-corrected chi connectivity index (χ1v) is 3.88. The van der Waals surface area contributed by atoms with Crippen molar-refractivity contribution >= 4 is 6.41 Å². The number of carbonyl (C=O) groups excluding carboxylic acids is 1. The first-order valence-electron chi connectivity index (χ1n) is 3.88. The molecule has 0 saturated carbocycles. The van der Waals surface area contributed by atoms with E-state index < -0.39 is 0 Å². The Balaban J connectivity index is 2.47. The predicted octanol–water partition coefficient (Wildman–Crippen LogP) is -0.462. The van der Waals surface area contributed by atoms with Crippen LogP contribution in [0.5, 0.6) is 0 Å². The Bertz CT molecular complexity index is 140. The Morgan fingerprint density at radius 2 is 2.55 bits per heavy atom. The van der Waals surface area contributed by atoms with Crippen LogP contribution in [0.3, 0.4) is 0 Å². The highest BCUT2D eigenvalue weighted by Gasteiger charge is 2.29. The molecule has 1 amide bonds. The van der Waals surface area contributed by atoms with Gasteiger partial charge in [0.05, 0.1) is 12.6 Å². The molecular formula is C7H14N2O2. The van der Waals surface area contributed by atoms with Gasteiger partial charge in [-0.15, -0.1) is 0 Å². The fourth-order valence-electron chi connectivity index (χ4n) is 1.27. The molecule has 0 aromatic heterocycles. The first-order chi connectivity index (χ1) is 5.31. The molecule has 1 heterocycles. The molecule has 1 aliphatic rings. The van der Waals surface area contributed by atoms with Gasteiger partial charge in [-0.1, -0.05) is 6.92 Å². The van der Waals surface area contributed by atoms with E-state index in [1.54, 1.807) is 4.90 Å². The van der Waals surface area contributed by atoms with E-state index in [4.69, 9.17) is 10.5 Å². The van der Waals surface area contributed by atoms with Crippen LogP contribution in [-0.2, 0) is 9.53 Å². The molecule has 4 heteroatoms. The lowest BCUT2D eigenvalue weighted by Crippen LogP contribution is -2.28. The van der Waals surface area contributed by atoms with Gasteiger partial charge in [-0.05, 0) is 6.42 Å². The number of ether oxygens (including phenoxy) is 1. The van der Waals surface area contributed by atoms with E-state index in [1.807, 2.05) is 6.92 Å². The van der Waals surface area contributed by atoms with Crippen LogP contribution in [0.4, 0.5) is 0 Å². The van der Waals surface area contributed by atoms with Gasteiger partial charge in [0, 0.05) is 6.54 Å². The molecule has 0 aliphatic carbocycles. The third-order valence-electron chi connectivity index (χ3n) is 1.88. The lowest BCUT2D eigenvalue weighted by Gasteiger charge is -2.15. The van der Waals surface area contributed by atoms with E-state index in [2.05, 4.69) is 0 Å². The maximum atomic E-state index is 10.4. The zero-order chi connectivity index (χ0) is 8.27. The van der Waals surface area contributed by atoms with Crippen molar-refractivity contribution in [3.05, 3.63) is 0 Å². The average molecular weight is 158 g/mol. The van der Waals surface area contributed by atoms with Crippen LogP contribution in [-0.4, -0.2) is 36.7 Å². The molecular weight excluding hydrogens is 144 g/mol. The first kappa shape index (κ1) is 8.49. The largest absolute Gasteiger partial charge is 0.352 e. The predicted molar refractivity (Wildman–Crippen MR) is 40.8 cm³/mol. The Hall–Kier alpha value is -0.610. The maximum absolute atomic E-state index is 10.4. The van der Waals surface area contributed by atoms with Crippen molar-refractivity contribution in [3.63, 3.8) is 0 Å². The molecule has 0 aromatic carbocycles. The second kappa shape index (κ2) is 3.69. The number of hydrogen-bond acceptors (Lipinski definition) is 3. The molecule has 0 bridgehead atoms. The van der Waals surface area contributed by atoms with Crippen LogP contribution in [0.2, 0.25) is 0 Å². The number of amides is 1. The Morgan fingerprint density at radius 1 is 1.82 bits per heavy atom. The van der Waals surface area contributed by atoms with E-state index in [1.165, 1.54) is 0 Å². The van der Waals surface area contributed by atoms with Crippen molar-refractivity contribution in [1.29, 1.82) is 0 Å². The van der Waals surface area contributed by atoms with E-state index >= 15 is 0 Å². The molecule has 1 saturated heterocycles. The minimum atomic E-state index is -0.0546. The molecule has 0 radical (unpaired) electrons. The Labute approximate surface area is 66.3 Å². The molecule has 4 nitrogen and oxygen atoms in total. The molecule has 2 N–H and O–H groups in total. The topological polar surface area (TPSA) is 55.6 Å². The summed E-state index contributed by atoms with van der Waals surface area (Å²) in [6.45, 7) is 3.11. The highest BCUT2D eigenvalue weighted by Crippen LogP contribution is 2.15. The van der Waals surface area contributed by atoms with Crippen molar-refractivity contribution in [2.24, 2.45) is 5.73 Å². The normalized spacial score (nSPS) is 30.9. The molecule has 1 rings (SSSR count). The van der Waals surface area contributed by atoms with Crippen LogP contribution in [0.25, 0.3) is 0 Å². The van der Waals surface area contributed by atoms with Crippen LogP contribution < -0.4 is 5.73 Å². The molecule has 64 valence electrons. The van der Waals surface area contributed by atoms with E-state index in [9.17, 15) is 4.79 Å².